The number of likely N-dealkylation sites (N-methyl/N-ethyl adjacent to an activating group) is 1. The van der Waals surface area contributed by atoms with E-state index in [-0.39, 0.29) is 10.6 Å². The predicted octanol–water partition coefficient (Wildman–Crippen LogP) is 2.54. The average molecular weight is 278 g/mol. The molecule has 1 saturated heterocycles. The Kier molecular flexibility index (Phi) is 5.09. The molecule has 3 unspecified atom stereocenters. The van der Waals surface area contributed by atoms with E-state index in [0.29, 0.717) is 18.1 Å². The van der Waals surface area contributed by atoms with Crippen LogP contribution < -0.4 is 5.32 Å². The Bertz CT molecular complexity index is 447. The number of hydrogen-bond acceptors (Lipinski definition) is 4. The molecule has 0 aliphatic carbocycles. The Morgan fingerprint density at radius 3 is 2.70 bits per heavy atom. The van der Waals surface area contributed by atoms with Crippen LogP contribution in [0.1, 0.15) is 25.3 Å². The molecule has 1 heterocycles. The minimum absolute atomic E-state index is 0.144. The Morgan fingerprint density at radius 2 is 2.15 bits per heavy atom. The van der Waals surface area contributed by atoms with Crippen molar-refractivity contribution in [3.8, 4) is 0 Å². The highest BCUT2D eigenvalue weighted by molar-refractivity contribution is 5.33. The number of nitrogens with zero attached hydrogens (tertiary/aromatic N) is 1. The summed E-state index contributed by atoms with van der Waals surface area (Å²) in [5, 5.41) is 14.0. The fourth-order valence-electron chi connectivity index (χ4n) is 3.02. The lowest BCUT2D eigenvalue weighted by atomic mass is 9.87. The van der Waals surface area contributed by atoms with E-state index in [0.717, 1.165) is 31.4 Å². The molecule has 0 saturated carbocycles. The van der Waals surface area contributed by atoms with Crippen molar-refractivity contribution in [1.82, 2.24) is 5.32 Å². The Balaban J connectivity index is 2.04. The standard InChI is InChI=1S/C15H22N2O3/c1-3-15-13(8-9-20-15)14(16-2)10-11-4-6-12(7-5-11)17(18)19/h4-7,13-16H,3,8-10H2,1-2H3. The fraction of sp³-hybridized carbons (Fsp3) is 0.600. The van der Waals surface area contributed by atoms with Gasteiger partial charge in [-0.3, -0.25) is 10.1 Å². The van der Waals surface area contributed by atoms with Crippen molar-refractivity contribution in [3.05, 3.63) is 39.9 Å². The molecule has 1 aromatic rings. The zero-order valence-electron chi connectivity index (χ0n) is 12.0. The monoisotopic (exact) mass is 278 g/mol. The smallest absolute Gasteiger partial charge is 0.269 e. The first-order valence-electron chi connectivity index (χ1n) is 7.18. The summed E-state index contributed by atoms with van der Waals surface area (Å²) in [7, 11) is 1.97. The lowest BCUT2D eigenvalue weighted by Crippen LogP contribution is -2.39. The first-order valence-corrected chi connectivity index (χ1v) is 7.18. The molecular formula is C15H22N2O3. The van der Waals surface area contributed by atoms with Gasteiger partial charge >= 0.3 is 0 Å². The molecule has 0 amide bonds. The van der Waals surface area contributed by atoms with Crippen LogP contribution in [0.4, 0.5) is 5.69 Å². The topological polar surface area (TPSA) is 64.4 Å². The number of rotatable bonds is 6. The van der Waals surface area contributed by atoms with Gasteiger partial charge in [0.15, 0.2) is 0 Å². The van der Waals surface area contributed by atoms with Crippen LogP contribution in [0.3, 0.4) is 0 Å². The van der Waals surface area contributed by atoms with Gasteiger partial charge in [-0.2, -0.15) is 0 Å². The van der Waals surface area contributed by atoms with Gasteiger partial charge in [0.2, 0.25) is 0 Å². The van der Waals surface area contributed by atoms with Gasteiger partial charge in [-0.1, -0.05) is 19.1 Å². The largest absolute Gasteiger partial charge is 0.378 e. The van der Waals surface area contributed by atoms with E-state index < -0.39 is 0 Å². The van der Waals surface area contributed by atoms with E-state index in [9.17, 15) is 10.1 Å². The van der Waals surface area contributed by atoms with E-state index in [4.69, 9.17) is 4.74 Å². The molecule has 1 aliphatic heterocycles. The number of nitro groups is 1. The van der Waals surface area contributed by atoms with Crippen LogP contribution in [0.15, 0.2) is 24.3 Å². The number of ether oxygens (including phenoxy) is 1. The zero-order valence-corrected chi connectivity index (χ0v) is 12.0. The number of benzene rings is 1. The third-order valence-electron chi connectivity index (χ3n) is 4.15. The Hall–Kier alpha value is -1.46. The quantitative estimate of drug-likeness (QED) is 0.641. The summed E-state index contributed by atoms with van der Waals surface area (Å²) >= 11 is 0. The van der Waals surface area contributed by atoms with Gasteiger partial charge in [0.05, 0.1) is 11.0 Å². The molecule has 1 aliphatic rings. The molecule has 2 rings (SSSR count). The van der Waals surface area contributed by atoms with Crippen molar-refractivity contribution in [3.63, 3.8) is 0 Å². The fourth-order valence-corrected chi connectivity index (χ4v) is 3.02. The predicted molar refractivity (Wildman–Crippen MR) is 77.8 cm³/mol. The first-order chi connectivity index (χ1) is 9.65. The Morgan fingerprint density at radius 1 is 1.45 bits per heavy atom. The average Bonchev–Trinajstić information content (AvgIpc) is 2.93. The molecule has 0 aromatic heterocycles. The van der Waals surface area contributed by atoms with E-state index in [2.05, 4.69) is 12.2 Å². The normalized spacial score (nSPS) is 23.7. The van der Waals surface area contributed by atoms with Crippen molar-refractivity contribution in [2.75, 3.05) is 13.7 Å². The highest BCUT2D eigenvalue weighted by Crippen LogP contribution is 2.28. The number of nitrogens with one attached hydrogen (secondary N) is 1. The minimum atomic E-state index is -0.364. The van der Waals surface area contributed by atoms with Gasteiger partial charge < -0.3 is 10.1 Å². The summed E-state index contributed by atoms with van der Waals surface area (Å²) < 4.78 is 5.76. The minimum Gasteiger partial charge on any atom is -0.378 e. The van der Waals surface area contributed by atoms with Crippen LogP contribution >= 0.6 is 0 Å². The van der Waals surface area contributed by atoms with Crippen molar-refractivity contribution in [1.29, 1.82) is 0 Å². The van der Waals surface area contributed by atoms with Crippen LogP contribution in [0.5, 0.6) is 0 Å². The van der Waals surface area contributed by atoms with Crippen LogP contribution in [0.25, 0.3) is 0 Å². The van der Waals surface area contributed by atoms with E-state index >= 15 is 0 Å². The number of hydrogen-bond donors (Lipinski definition) is 1. The van der Waals surface area contributed by atoms with Gasteiger partial charge in [0, 0.05) is 30.7 Å². The van der Waals surface area contributed by atoms with E-state index in [1.54, 1.807) is 12.1 Å². The molecule has 1 N–H and O–H groups in total. The maximum Gasteiger partial charge on any atom is 0.269 e. The molecule has 20 heavy (non-hydrogen) atoms. The van der Waals surface area contributed by atoms with Gasteiger partial charge in [-0.25, -0.2) is 0 Å². The second kappa shape index (κ2) is 6.81. The summed E-state index contributed by atoms with van der Waals surface area (Å²) in [6.07, 6.45) is 3.31. The lowest BCUT2D eigenvalue weighted by molar-refractivity contribution is -0.384. The summed E-state index contributed by atoms with van der Waals surface area (Å²) in [5.74, 6) is 0.514. The molecular weight excluding hydrogens is 256 g/mol. The van der Waals surface area contributed by atoms with Crippen LogP contribution in [0, 0.1) is 16.0 Å². The molecule has 1 fully saturated rings. The van der Waals surface area contributed by atoms with Crippen LogP contribution in [0.2, 0.25) is 0 Å². The first kappa shape index (κ1) is 14.9. The van der Waals surface area contributed by atoms with Crippen molar-refractivity contribution >= 4 is 5.69 Å². The summed E-state index contributed by atoms with van der Waals surface area (Å²) in [6, 6.07) is 7.19. The second-order valence-corrected chi connectivity index (χ2v) is 5.29. The number of non-ortho nitro benzene ring substituents is 1. The molecule has 3 atom stereocenters. The zero-order chi connectivity index (χ0) is 14.5. The summed E-state index contributed by atoms with van der Waals surface area (Å²) in [4.78, 5) is 10.3. The third-order valence-corrected chi connectivity index (χ3v) is 4.15. The molecule has 5 nitrogen and oxygen atoms in total. The van der Waals surface area contributed by atoms with Crippen LogP contribution in [-0.2, 0) is 11.2 Å². The molecule has 0 radical (unpaired) electrons. The SMILES string of the molecule is CCC1OCCC1C(Cc1ccc([N+](=O)[O-])cc1)NC. The van der Waals surface area contributed by atoms with E-state index in [1.807, 2.05) is 19.2 Å². The van der Waals surface area contributed by atoms with Gasteiger partial charge in [0.25, 0.3) is 5.69 Å². The highest BCUT2D eigenvalue weighted by atomic mass is 16.6. The maximum absolute atomic E-state index is 10.7. The van der Waals surface area contributed by atoms with Gasteiger partial charge in [-0.15, -0.1) is 0 Å². The number of nitro benzene ring substituents is 1. The molecule has 110 valence electrons. The van der Waals surface area contributed by atoms with Crippen LogP contribution in [-0.4, -0.2) is 30.7 Å². The van der Waals surface area contributed by atoms with Gasteiger partial charge in [0.1, 0.15) is 0 Å². The maximum atomic E-state index is 10.7. The summed E-state index contributed by atoms with van der Waals surface area (Å²) in [6.45, 7) is 2.99. The highest BCUT2D eigenvalue weighted by Gasteiger charge is 2.32. The van der Waals surface area contributed by atoms with Gasteiger partial charge in [-0.05, 0) is 31.9 Å². The molecule has 5 heteroatoms. The summed E-state index contributed by atoms with van der Waals surface area (Å²) in [5.41, 5.74) is 1.27. The lowest BCUT2D eigenvalue weighted by Gasteiger charge is -2.27. The van der Waals surface area contributed by atoms with Crippen molar-refractivity contribution < 1.29 is 9.66 Å². The second-order valence-electron chi connectivity index (χ2n) is 5.29. The van der Waals surface area contributed by atoms with E-state index in [1.165, 1.54) is 0 Å². The molecule has 0 spiro atoms. The van der Waals surface area contributed by atoms with Crippen molar-refractivity contribution in [2.24, 2.45) is 5.92 Å². The molecule has 0 bridgehead atoms. The third kappa shape index (κ3) is 3.35. The Labute approximate surface area is 119 Å². The van der Waals surface area contributed by atoms with Crippen molar-refractivity contribution in [2.45, 2.75) is 38.3 Å². The molecule has 1 aromatic carbocycles.